The van der Waals surface area contributed by atoms with Gasteiger partial charge < -0.3 is 9.53 Å². The third kappa shape index (κ3) is 3.70. The van der Waals surface area contributed by atoms with E-state index in [1.54, 1.807) is 25.1 Å². The summed E-state index contributed by atoms with van der Waals surface area (Å²) in [7, 11) is 0. The third-order valence-corrected chi connectivity index (χ3v) is 2.55. The van der Waals surface area contributed by atoms with Crippen molar-refractivity contribution in [2.45, 2.75) is 26.2 Å². The van der Waals surface area contributed by atoms with Crippen LogP contribution in [0.4, 0.5) is 0 Å². The lowest BCUT2D eigenvalue weighted by Gasteiger charge is -2.09. The van der Waals surface area contributed by atoms with E-state index in [2.05, 4.69) is 6.07 Å². The maximum absolute atomic E-state index is 11.5. The van der Waals surface area contributed by atoms with Gasteiger partial charge in [-0.05, 0) is 30.5 Å². The van der Waals surface area contributed by atoms with Gasteiger partial charge in [-0.25, -0.2) is 0 Å². The second-order valence-electron chi connectivity index (χ2n) is 3.74. The Morgan fingerprint density at radius 1 is 1.50 bits per heavy atom. The summed E-state index contributed by atoms with van der Waals surface area (Å²) >= 11 is 0. The Morgan fingerprint density at radius 2 is 2.28 bits per heavy atom. The molecule has 1 aromatic carbocycles. The van der Waals surface area contributed by atoms with Crippen molar-refractivity contribution < 1.29 is 14.3 Å². The smallest absolute Gasteiger partial charge is 0.310 e. The molecule has 4 nitrogen and oxygen atoms in total. The van der Waals surface area contributed by atoms with E-state index < -0.39 is 0 Å². The molecule has 18 heavy (non-hydrogen) atoms. The van der Waals surface area contributed by atoms with Crippen molar-refractivity contribution in [3.63, 3.8) is 0 Å². The van der Waals surface area contributed by atoms with Gasteiger partial charge in [0.15, 0.2) is 0 Å². The molecule has 0 atom stereocenters. The summed E-state index contributed by atoms with van der Waals surface area (Å²) in [5, 5.41) is 9.03. The quantitative estimate of drug-likeness (QED) is 0.566. The Morgan fingerprint density at radius 3 is 2.89 bits per heavy atom. The minimum atomic E-state index is -0.319. The lowest BCUT2D eigenvalue weighted by atomic mass is 9.96. The largest absolute Gasteiger partial charge is 0.466 e. The molecule has 4 heteroatoms. The van der Waals surface area contributed by atoms with Gasteiger partial charge in [0.05, 0.1) is 24.7 Å². The van der Waals surface area contributed by atoms with Crippen LogP contribution in [0.5, 0.6) is 0 Å². The van der Waals surface area contributed by atoms with E-state index in [1.807, 2.05) is 0 Å². The number of nitrogens with zero attached hydrogens (tertiary/aromatic N) is 1. The summed E-state index contributed by atoms with van der Waals surface area (Å²) in [5.74, 6) is -0.319. The first-order valence-electron chi connectivity index (χ1n) is 5.83. The number of hydrogen-bond acceptors (Lipinski definition) is 4. The van der Waals surface area contributed by atoms with Crippen LogP contribution in [-0.4, -0.2) is 18.9 Å². The molecular weight excluding hydrogens is 230 g/mol. The van der Waals surface area contributed by atoms with Crippen LogP contribution in [-0.2, 0) is 27.2 Å². The molecule has 1 rings (SSSR count). The average molecular weight is 245 g/mol. The summed E-state index contributed by atoms with van der Waals surface area (Å²) in [5.41, 5.74) is 2.04. The fraction of sp³-hybridized carbons (Fsp3) is 0.357. The summed E-state index contributed by atoms with van der Waals surface area (Å²) in [6.45, 7) is 2.08. The first kappa shape index (κ1) is 13.9. The van der Waals surface area contributed by atoms with Crippen LogP contribution < -0.4 is 0 Å². The number of nitriles is 1. The lowest BCUT2D eigenvalue weighted by molar-refractivity contribution is -0.142. The van der Waals surface area contributed by atoms with E-state index in [0.29, 0.717) is 25.0 Å². The standard InChI is InChI=1S/C14H15NO3/c1-2-18-14(17)9-11-5-3-6-12(10-15)13(11)7-4-8-16/h3,5-6,8H,2,4,7,9H2,1H3. The number of hydrogen-bond donors (Lipinski definition) is 0. The number of carbonyl (C=O) groups is 2. The Hall–Kier alpha value is -2.15. The van der Waals surface area contributed by atoms with Crippen molar-refractivity contribution in [1.82, 2.24) is 0 Å². The molecule has 0 N–H and O–H groups in total. The predicted molar refractivity (Wildman–Crippen MR) is 65.9 cm³/mol. The van der Waals surface area contributed by atoms with Crippen molar-refractivity contribution in [2.75, 3.05) is 6.61 Å². The predicted octanol–water partition coefficient (Wildman–Crippen LogP) is 1.80. The normalized spacial score (nSPS) is 9.56. The van der Waals surface area contributed by atoms with Gasteiger partial charge in [0, 0.05) is 6.42 Å². The molecule has 94 valence electrons. The Bertz CT molecular complexity index is 474. The molecule has 0 saturated heterocycles. The van der Waals surface area contributed by atoms with Gasteiger partial charge in [-0.2, -0.15) is 5.26 Å². The van der Waals surface area contributed by atoms with E-state index in [4.69, 9.17) is 10.00 Å². The van der Waals surface area contributed by atoms with E-state index >= 15 is 0 Å². The van der Waals surface area contributed by atoms with Crippen LogP contribution in [0.2, 0.25) is 0 Å². The van der Waals surface area contributed by atoms with Crippen LogP contribution in [0.1, 0.15) is 30.0 Å². The molecule has 0 aromatic heterocycles. The van der Waals surface area contributed by atoms with Crippen molar-refractivity contribution in [1.29, 1.82) is 5.26 Å². The molecule has 0 fully saturated rings. The molecule has 0 aliphatic rings. The molecule has 0 aliphatic carbocycles. The fourth-order valence-corrected chi connectivity index (χ4v) is 1.77. The zero-order valence-electron chi connectivity index (χ0n) is 10.3. The second kappa shape index (κ2) is 7.23. The Labute approximate surface area is 106 Å². The van der Waals surface area contributed by atoms with Crippen molar-refractivity contribution >= 4 is 12.3 Å². The van der Waals surface area contributed by atoms with Crippen LogP contribution in [0.15, 0.2) is 18.2 Å². The van der Waals surface area contributed by atoms with Gasteiger partial charge in [-0.15, -0.1) is 0 Å². The molecule has 0 heterocycles. The summed E-state index contributed by atoms with van der Waals surface area (Å²) in [6, 6.07) is 7.29. The van der Waals surface area contributed by atoms with Gasteiger partial charge in [0.1, 0.15) is 6.29 Å². The number of carbonyl (C=O) groups excluding carboxylic acids is 2. The Balaban J connectivity index is 2.98. The van der Waals surface area contributed by atoms with Crippen molar-refractivity contribution in [3.05, 3.63) is 34.9 Å². The topological polar surface area (TPSA) is 67.2 Å². The zero-order valence-corrected chi connectivity index (χ0v) is 10.3. The molecule has 1 aromatic rings. The minimum absolute atomic E-state index is 0.136. The first-order valence-corrected chi connectivity index (χ1v) is 5.83. The monoisotopic (exact) mass is 245 g/mol. The van der Waals surface area contributed by atoms with E-state index in [1.165, 1.54) is 0 Å². The highest BCUT2D eigenvalue weighted by molar-refractivity contribution is 5.73. The summed E-state index contributed by atoms with van der Waals surface area (Å²) in [6.07, 6.45) is 1.76. The maximum Gasteiger partial charge on any atom is 0.310 e. The van der Waals surface area contributed by atoms with Crippen LogP contribution >= 0.6 is 0 Å². The van der Waals surface area contributed by atoms with Crippen LogP contribution in [0.25, 0.3) is 0 Å². The average Bonchev–Trinajstić information content (AvgIpc) is 2.37. The van der Waals surface area contributed by atoms with Gasteiger partial charge in [0.25, 0.3) is 0 Å². The van der Waals surface area contributed by atoms with Gasteiger partial charge in [-0.1, -0.05) is 12.1 Å². The van der Waals surface area contributed by atoms with Crippen LogP contribution in [0.3, 0.4) is 0 Å². The van der Waals surface area contributed by atoms with Gasteiger partial charge in [0.2, 0.25) is 0 Å². The molecule has 0 amide bonds. The maximum atomic E-state index is 11.5. The molecule has 0 spiro atoms. The molecule has 0 radical (unpaired) electrons. The highest BCUT2D eigenvalue weighted by Gasteiger charge is 2.12. The van der Waals surface area contributed by atoms with Gasteiger partial charge in [-0.3, -0.25) is 4.79 Å². The van der Waals surface area contributed by atoms with Crippen molar-refractivity contribution in [3.8, 4) is 6.07 Å². The van der Waals surface area contributed by atoms with E-state index in [9.17, 15) is 9.59 Å². The fourth-order valence-electron chi connectivity index (χ4n) is 1.77. The number of esters is 1. The molecular formula is C14H15NO3. The van der Waals surface area contributed by atoms with Crippen molar-refractivity contribution in [2.24, 2.45) is 0 Å². The lowest BCUT2D eigenvalue weighted by Crippen LogP contribution is -2.10. The zero-order chi connectivity index (χ0) is 13.4. The van der Waals surface area contributed by atoms with E-state index in [-0.39, 0.29) is 12.4 Å². The third-order valence-electron chi connectivity index (χ3n) is 2.55. The SMILES string of the molecule is CCOC(=O)Cc1cccc(C#N)c1CCC=O. The molecule has 0 aliphatic heterocycles. The number of benzene rings is 1. The number of rotatable bonds is 6. The molecule has 0 unspecified atom stereocenters. The highest BCUT2D eigenvalue weighted by atomic mass is 16.5. The highest BCUT2D eigenvalue weighted by Crippen LogP contribution is 2.17. The van der Waals surface area contributed by atoms with Crippen LogP contribution in [0, 0.1) is 11.3 Å². The Kier molecular flexibility index (Phi) is 5.59. The van der Waals surface area contributed by atoms with Gasteiger partial charge >= 0.3 is 5.97 Å². The number of ether oxygens (including phenoxy) is 1. The summed E-state index contributed by atoms with van der Waals surface area (Å²) in [4.78, 5) is 21.9. The molecule has 0 saturated carbocycles. The second-order valence-corrected chi connectivity index (χ2v) is 3.74. The first-order chi connectivity index (χ1) is 8.72. The summed E-state index contributed by atoms with van der Waals surface area (Å²) < 4.78 is 4.89. The van der Waals surface area contributed by atoms with E-state index in [0.717, 1.165) is 17.4 Å². The molecule has 0 bridgehead atoms. The number of aldehydes is 1. The minimum Gasteiger partial charge on any atom is -0.466 e.